The summed E-state index contributed by atoms with van der Waals surface area (Å²) >= 11 is 0. The molecule has 1 aromatic heterocycles. The van der Waals surface area contributed by atoms with E-state index in [2.05, 4.69) is 212 Å². The summed E-state index contributed by atoms with van der Waals surface area (Å²) < 4.78 is 51.1. The maximum atomic E-state index is 9.29. The normalized spacial score (nSPS) is 16.1. The first-order valence-corrected chi connectivity index (χ1v) is 25.0. The largest absolute Gasteiger partial charge is 0.456 e. The van der Waals surface area contributed by atoms with Crippen LogP contribution in [-0.4, -0.2) is 0 Å². The highest BCUT2D eigenvalue weighted by molar-refractivity contribution is 6.07. The number of para-hydroxylation sites is 3. The van der Waals surface area contributed by atoms with E-state index in [0.717, 1.165) is 72.6 Å². The van der Waals surface area contributed by atoms with Gasteiger partial charge in [-0.3, -0.25) is 0 Å². The Hall–Kier alpha value is -9.18. The Morgan fingerprint density at radius 3 is 1.48 bits per heavy atom. The zero-order chi connectivity index (χ0) is 52.8. The van der Waals surface area contributed by atoms with Crippen molar-refractivity contribution in [3.05, 3.63) is 288 Å². The molecule has 15 rings (SSSR count). The van der Waals surface area contributed by atoms with Gasteiger partial charge >= 0.3 is 0 Å². The third kappa shape index (κ3) is 5.94. The molecule has 0 N–H and O–H groups in total. The summed E-state index contributed by atoms with van der Waals surface area (Å²) in [6, 6.07) is 78.1. The van der Waals surface area contributed by atoms with Crippen LogP contribution in [0.25, 0.3) is 66.4 Å². The topological polar surface area (TPSA) is 19.6 Å². The SMILES string of the molecule is [2H]c1c([2H])c([2H])c(-c2ccccc2N(c2ccc3c(c2)C(C)(C)c2ccccc2-3)c2ccc3c(c2)C2(c4ccccc4-c4ccc(N(c5ccccc5)c5ccc6oc7ccccc7c6c5)cc42)c2ccccc2-3)c([2H])c1[2H]. The van der Waals surface area contributed by atoms with Crippen molar-refractivity contribution in [1.82, 2.24) is 0 Å². The fraction of sp³-hybridized carbons (Fsp3) is 0.0571. The molecule has 3 heteroatoms. The molecular formula is C70H48N2O. The van der Waals surface area contributed by atoms with Crippen LogP contribution in [0.4, 0.5) is 34.1 Å². The van der Waals surface area contributed by atoms with Gasteiger partial charge in [0.05, 0.1) is 18.0 Å². The standard InChI is InChI=1S/C70H48N2O/c1-69(2)60-28-14-9-24-52(60)55-37-34-49(42-63(55)69)72(66-31-17-12-23-51(66)45-19-5-3-6-20-45)50-35-39-57-54-26-11-16-30-62(54)70(65(57)44-50)61-29-15-10-25-53(61)56-38-33-48(43-64(56)70)71(46-21-7-4-8-22-46)47-36-40-68-59(41-47)58-27-13-18-32-67(58)73-68/h3-44H,1-2H3/i3D,5D,6D,19D,20D. The molecule has 12 aromatic rings. The lowest BCUT2D eigenvalue weighted by atomic mass is 9.70. The Morgan fingerprint density at radius 2 is 0.808 bits per heavy atom. The summed E-state index contributed by atoms with van der Waals surface area (Å²) in [5.41, 5.74) is 20.9. The minimum atomic E-state index is -0.767. The van der Waals surface area contributed by atoms with E-state index in [0.29, 0.717) is 11.3 Å². The van der Waals surface area contributed by atoms with E-state index in [-0.39, 0.29) is 35.1 Å². The van der Waals surface area contributed by atoms with Crippen molar-refractivity contribution >= 4 is 56.1 Å². The first-order chi connectivity index (χ1) is 38.0. The Labute approximate surface area is 432 Å². The molecule has 11 aromatic carbocycles. The highest BCUT2D eigenvalue weighted by Crippen LogP contribution is 2.64. The van der Waals surface area contributed by atoms with Gasteiger partial charge in [0.15, 0.2) is 0 Å². The average molecular weight is 938 g/mol. The maximum absolute atomic E-state index is 9.29. The number of anilines is 6. The summed E-state index contributed by atoms with van der Waals surface area (Å²) in [5, 5.41) is 2.12. The van der Waals surface area contributed by atoms with E-state index >= 15 is 0 Å². The number of rotatable bonds is 7. The van der Waals surface area contributed by atoms with Crippen LogP contribution in [0.3, 0.4) is 0 Å². The van der Waals surface area contributed by atoms with Crippen molar-refractivity contribution in [1.29, 1.82) is 0 Å². The molecule has 3 aliphatic carbocycles. The molecule has 0 aliphatic heterocycles. The predicted octanol–water partition coefficient (Wildman–Crippen LogP) is 18.8. The van der Waals surface area contributed by atoms with Crippen LogP contribution in [0, 0.1) is 0 Å². The molecule has 3 nitrogen and oxygen atoms in total. The zero-order valence-corrected chi connectivity index (χ0v) is 40.2. The fourth-order valence-electron chi connectivity index (χ4n) is 12.8. The van der Waals surface area contributed by atoms with E-state index in [1.165, 1.54) is 44.5 Å². The molecule has 0 bridgehead atoms. The van der Waals surface area contributed by atoms with Crippen LogP contribution in [0.5, 0.6) is 0 Å². The van der Waals surface area contributed by atoms with Crippen molar-refractivity contribution in [2.75, 3.05) is 9.80 Å². The highest BCUT2D eigenvalue weighted by Gasteiger charge is 2.52. The van der Waals surface area contributed by atoms with Gasteiger partial charge in [-0.2, -0.15) is 0 Å². The molecule has 0 saturated carbocycles. The number of nitrogens with zero attached hydrogens (tertiary/aromatic N) is 2. The van der Waals surface area contributed by atoms with Crippen LogP contribution < -0.4 is 9.80 Å². The smallest absolute Gasteiger partial charge is 0.135 e. The van der Waals surface area contributed by atoms with Crippen molar-refractivity contribution in [2.24, 2.45) is 0 Å². The van der Waals surface area contributed by atoms with Crippen molar-refractivity contribution in [3.8, 4) is 44.5 Å². The van der Waals surface area contributed by atoms with Crippen molar-refractivity contribution in [3.63, 3.8) is 0 Å². The van der Waals surface area contributed by atoms with E-state index in [4.69, 9.17) is 8.53 Å². The van der Waals surface area contributed by atoms with E-state index < -0.39 is 11.5 Å². The summed E-state index contributed by atoms with van der Waals surface area (Å²) in [7, 11) is 0. The van der Waals surface area contributed by atoms with E-state index in [1.54, 1.807) is 0 Å². The van der Waals surface area contributed by atoms with Crippen molar-refractivity contribution < 1.29 is 11.3 Å². The third-order valence-corrected chi connectivity index (χ3v) is 15.9. The minimum absolute atomic E-state index is 0.148. The van der Waals surface area contributed by atoms with Crippen molar-refractivity contribution in [2.45, 2.75) is 24.7 Å². The molecule has 0 radical (unpaired) electrons. The summed E-state index contributed by atoms with van der Waals surface area (Å²) in [5.74, 6) is 0. The second-order valence-electron chi connectivity index (χ2n) is 20.0. The lowest BCUT2D eigenvalue weighted by molar-refractivity contribution is 0.660. The van der Waals surface area contributed by atoms with Gasteiger partial charge in [-0.1, -0.05) is 190 Å². The Morgan fingerprint density at radius 1 is 0.342 bits per heavy atom. The van der Waals surface area contributed by atoms with Gasteiger partial charge in [0.1, 0.15) is 11.2 Å². The van der Waals surface area contributed by atoms with Crippen LogP contribution in [0.2, 0.25) is 0 Å². The maximum Gasteiger partial charge on any atom is 0.135 e. The summed E-state index contributed by atoms with van der Waals surface area (Å²) in [4.78, 5) is 4.58. The van der Waals surface area contributed by atoms with Gasteiger partial charge < -0.3 is 14.2 Å². The molecule has 0 fully saturated rings. The quantitative estimate of drug-likeness (QED) is 0.159. The second-order valence-corrected chi connectivity index (χ2v) is 20.0. The zero-order valence-electron chi connectivity index (χ0n) is 45.2. The number of hydrogen-bond acceptors (Lipinski definition) is 3. The van der Waals surface area contributed by atoms with E-state index in [9.17, 15) is 2.74 Å². The molecule has 73 heavy (non-hydrogen) atoms. The molecule has 1 heterocycles. The Balaban J connectivity index is 0.987. The average Bonchev–Trinajstić information content (AvgIpc) is 3.92. The van der Waals surface area contributed by atoms with Crippen LogP contribution in [0.1, 0.15) is 54.1 Å². The Bertz CT molecular complexity index is 4480. The number of fused-ring (bicyclic) bond motifs is 16. The predicted molar refractivity (Wildman–Crippen MR) is 302 cm³/mol. The number of benzene rings is 11. The molecule has 0 amide bonds. The molecule has 1 unspecified atom stereocenters. The third-order valence-electron chi connectivity index (χ3n) is 15.9. The molecule has 1 spiro atoms. The number of furan rings is 1. The summed E-state index contributed by atoms with van der Waals surface area (Å²) in [6.07, 6.45) is 0. The van der Waals surface area contributed by atoms with Gasteiger partial charge in [0.25, 0.3) is 0 Å². The molecular weight excluding hydrogens is 885 g/mol. The highest BCUT2D eigenvalue weighted by atomic mass is 16.3. The Kier molecular flexibility index (Phi) is 7.88. The lowest BCUT2D eigenvalue weighted by Gasteiger charge is -2.34. The fourth-order valence-corrected chi connectivity index (χ4v) is 12.8. The van der Waals surface area contributed by atoms with Crippen LogP contribution in [-0.2, 0) is 10.8 Å². The number of hydrogen-bond donors (Lipinski definition) is 0. The van der Waals surface area contributed by atoms with Crippen LogP contribution in [0.15, 0.2) is 259 Å². The van der Waals surface area contributed by atoms with Gasteiger partial charge in [-0.05, 0) is 151 Å². The first kappa shape index (κ1) is 36.7. The summed E-state index contributed by atoms with van der Waals surface area (Å²) in [6.45, 7) is 4.56. The van der Waals surface area contributed by atoms with Gasteiger partial charge in [0.2, 0.25) is 0 Å². The monoisotopic (exact) mass is 937 g/mol. The molecule has 1 atom stereocenters. The van der Waals surface area contributed by atoms with Gasteiger partial charge in [-0.15, -0.1) is 0 Å². The minimum Gasteiger partial charge on any atom is -0.456 e. The second kappa shape index (κ2) is 15.7. The molecule has 0 saturated heterocycles. The van der Waals surface area contributed by atoms with Gasteiger partial charge in [-0.25, -0.2) is 0 Å². The first-order valence-electron chi connectivity index (χ1n) is 27.5. The van der Waals surface area contributed by atoms with E-state index in [1.807, 2.05) is 36.4 Å². The van der Waals surface area contributed by atoms with Gasteiger partial charge in [0, 0.05) is 50.2 Å². The molecule has 3 aliphatic rings. The lowest BCUT2D eigenvalue weighted by Crippen LogP contribution is -2.26. The van der Waals surface area contributed by atoms with Crippen LogP contribution >= 0.6 is 0 Å². The molecule has 344 valence electrons.